The number of methoxy groups -OCH3 is 1. The van der Waals surface area contributed by atoms with E-state index < -0.39 is 46.2 Å². The molecule has 3 nitrogen and oxygen atoms in total. The van der Waals surface area contributed by atoms with Crippen LogP contribution < -0.4 is 0 Å². The third kappa shape index (κ3) is 2.67. The molecule has 1 aromatic carbocycles. The van der Waals surface area contributed by atoms with Gasteiger partial charge in [0.05, 0.1) is 12.7 Å². The number of ether oxygens (including phenoxy) is 1. The standard InChI is InChI=1S/C12H6F6O3/c1-20-10(19)9-8(12(16,17)18)6-4-5(11(13,14)15)2-3-7(6)21-9/h2-4H,1H3. The highest BCUT2D eigenvalue weighted by Crippen LogP contribution is 2.41. The Kier molecular flexibility index (Phi) is 3.38. The Morgan fingerprint density at radius 2 is 1.71 bits per heavy atom. The minimum absolute atomic E-state index is 0.286. The Labute approximate surface area is 113 Å². The fourth-order valence-corrected chi connectivity index (χ4v) is 1.79. The Morgan fingerprint density at radius 3 is 2.19 bits per heavy atom. The predicted octanol–water partition coefficient (Wildman–Crippen LogP) is 4.26. The quantitative estimate of drug-likeness (QED) is 0.583. The van der Waals surface area contributed by atoms with E-state index in [1.807, 2.05) is 0 Å². The number of esters is 1. The van der Waals surface area contributed by atoms with Gasteiger partial charge in [0, 0.05) is 5.39 Å². The van der Waals surface area contributed by atoms with E-state index in [-0.39, 0.29) is 6.07 Å². The predicted molar refractivity (Wildman–Crippen MR) is 57.6 cm³/mol. The van der Waals surface area contributed by atoms with Crippen molar-refractivity contribution in [3.05, 3.63) is 35.1 Å². The minimum atomic E-state index is -5.07. The molecule has 0 unspecified atom stereocenters. The number of alkyl halides is 6. The molecule has 0 saturated heterocycles. The summed E-state index contributed by atoms with van der Waals surface area (Å²) in [5.41, 5.74) is -3.36. The van der Waals surface area contributed by atoms with Crippen molar-refractivity contribution in [2.24, 2.45) is 0 Å². The van der Waals surface area contributed by atoms with E-state index in [2.05, 4.69) is 9.15 Å². The van der Waals surface area contributed by atoms with Crippen LogP contribution in [0.2, 0.25) is 0 Å². The summed E-state index contributed by atoms with van der Waals surface area (Å²) in [5, 5.41) is -0.849. The molecule has 114 valence electrons. The fourth-order valence-electron chi connectivity index (χ4n) is 1.79. The molecule has 0 aliphatic heterocycles. The summed E-state index contributed by atoms with van der Waals surface area (Å²) >= 11 is 0. The molecule has 0 radical (unpaired) electrons. The van der Waals surface area contributed by atoms with E-state index in [0.717, 1.165) is 13.2 Å². The Balaban J connectivity index is 2.81. The molecule has 0 spiro atoms. The molecule has 0 amide bonds. The lowest BCUT2D eigenvalue weighted by atomic mass is 10.1. The molecule has 1 aromatic heterocycles. The van der Waals surface area contributed by atoms with Crippen molar-refractivity contribution in [1.82, 2.24) is 0 Å². The van der Waals surface area contributed by atoms with Crippen LogP contribution in [0.15, 0.2) is 22.6 Å². The summed E-state index contributed by atoms with van der Waals surface area (Å²) in [6.07, 6.45) is -9.89. The number of rotatable bonds is 1. The highest BCUT2D eigenvalue weighted by molar-refractivity contribution is 5.96. The van der Waals surface area contributed by atoms with Crippen LogP contribution in [0.3, 0.4) is 0 Å². The Bertz CT molecular complexity index is 695. The number of carbonyl (C=O) groups is 1. The first-order valence-electron chi connectivity index (χ1n) is 5.35. The van der Waals surface area contributed by atoms with Gasteiger partial charge in [-0.05, 0) is 18.2 Å². The van der Waals surface area contributed by atoms with Gasteiger partial charge in [-0.1, -0.05) is 0 Å². The van der Waals surface area contributed by atoms with Crippen LogP contribution in [0, 0.1) is 0 Å². The second-order valence-electron chi connectivity index (χ2n) is 4.00. The van der Waals surface area contributed by atoms with Gasteiger partial charge in [0.15, 0.2) is 0 Å². The summed E-state index contributed by atoms with van der Waals surface area (Å²) in [6.45, 7) is 0. The fraction of sp³-hybridized carbons (Fsp3) is 0.250. The molecule has 0 aliphatic rings. The van der Waals surface area contributed by atoms with Gasteiger partial charge in [-0.15, -0.1) is 0 Å². The van der Waals surface area contributed by atoms with Crippen molar-refractivity contribution in [3.63, 3.8) is 0 Å². The lowest BCUT2D eigenvalue weighted by Gasteiger charge is -2.08. The molecule has 0 atom stereocenters. The molecule has 0 saturated carbocycles. The number of furan rings is 1. The van der Waals surface area contributed by atoms with E-state index in [4.69, 9.17) is 0 Å². The number of hydrogen-bond acceptors (Lipinski definition) is 3. The van der Waals surface area contributed by atoms with E-state index in [1.54, 1.807) is 0 Å². The first-order chi connectivity index (χ1) is 9.55. The summed E-state index contributed by atoms with van der Waals surface area (Å²) < 4.78 is 85.5. The van der Waals surface area contributed by atoms with Crippen LogP contribution in [0.25, 0.3) is 11.0 Å². The van der Waals surface area contributed by atoms with Gasteiger partial charge in [-0.2, -0.15) is 26.3 Å². The maximum Gasteiger partial charge on any atom is 0.420 e. The second kappa shape index (κ2) is 4.68. The molecule has 0 aliphatic carbocycles. The van der Waals surface area contributed by atoms with E-state index in [9.17, 15) is 31.1 Å². The molecule has 0 bridgehead atoms. The van der Waals surface area contributed by atoms with E-state index in [1.165, 1.54) is 0 Å². The van der Waals surface area contributed by atoms with Crippen molar-refractivity contribution >= 4 is 16.9 Å². The first kappa shape index (κ1) is 15.2. The Hall–Kier alpha value is -2.19. The summed E-state index contributed by atoms with van der Waals surface area (Å²) in [7, 11) is 0.830. The Morgan fingerprint density at radius 1 is 1.10 bits per heavy atom. The van der Waals surface area contributed by atoms with Crippen molar-refractivity contribution in [3.8, 4) is 0 Å². The SMILES string of the molecule is COC(=O)c1oc2ccc(C(F)(F)F)cc2c1C(F)(F)F. The lowest BCUT2D eigenvalue weighted by Crippen LogP contribution is -2.12. The van der Waals surface area contributed by atoms with Crippen LogP contribution >= 0.6 is 0 Å². The average molecular weight is 312 g/mol. The van der Waals surface area contributed by atoms with Gasteiger partial charge in [-0.25, -0.2) is 4.79 Å². The number of benzene rings is 1. The maximum atomic E-state index is 13.0. The molecule has 0 N–H and O–H groups in total. The number of carbonyl (C=O) groups excluding carboxylic acids is 1. The van der Waals surface area contributed by atoms with Gasteiger partial charge in [-0.3, -0.25) is 0 Å². The molecular weight excluding hydrogens is 306 g/mol. The lowest BCUT2D eigenvalue weighted by molar-refractivity contribution is -0.139. The number of fused-ring (bicyclic) bond motifs is 1. The van der Waals surface area contributed by atoms with Gasteiger partial charge < -0.3 is 9.15 Å². The molecule has 2 aromatic rings. The highest BCUT2D eigenvalue weighted by Gasteiger charge is 2.42. The molecule has 0 fully saturated rings. The van der Waals surface area contributed by atoms with Gasteiger partial charge in [0.2, 0.25) is 5.76 Å². The normalized spacial score (nSPS) is 12.7. The smallest absolute Gasteiger partial charge is 0.420 e. The minimum Gasteiger partial charge on any atom is -0.463 e. The van der Waals surface area contributed by atoms with Crippen LogP contribution in [0.1, 0.15) is 21.7 Å². The molecule has 2 rings (SSSR count). The second-order valence-corrected chi connectivity index (χ2v) is 4.00. The van der Waals surface area contributed by atoms with Gasteiger partial charge >= 0.3 is 18.3 Å². The number of halogens is 6. The summed E-state index contributed by atoms with van der Waals surface area (Å²) in [5.74, 6) is -2.61. The van der Waals surface area contributed by atoms with Crippen molar-refractivity contribution in [1.29, 1.82) is 0 Å². The zero-order valence-electron chi connectivity index (χ0n) is 10.2. The van der Waals surface area contributed by atoms with Crippen LogP contribution in [-0.2, 0) is 17.1 Å². The molecular formula is C12H6F6O3. The zero-order chi connectivity index (χ0) is 16.0. The third-order valence-electron chi connectivity index (χ3n) is 2.67. The molecule has 1 heterocycles. The molecule has 21 heavy (non-hydrogen) atoms. The maximum absolute atomic E-state index is 13.0. The van der Waals surface area contributed by atoms with Crippen molar-refractivity contribution < 1.29 is 40.3 Å². The summed E-state index contributed by atoms with van der Waals surface area (Å²) in [4.78, 5) is 11.3. The number of hydrogen-bond donors (Lipinski definition) is 0. The van der Waals surface area contributed by atoms with E-state index in [0.29, 0.717) is 6.07 Å². The van der Waals surface area contributed by atoms with E-state index >= 15 is 0 Å². The average Bonchev–Trinajstić information content (AvgIpc) is 2.74. The van der Waals surface area contributed by atoms with Crippen LogP contribution in [-0.4, -0.2) is 13.1 Å². The third-order valence-corrected chi connectivity index (χ3v) is 2.67. The first-order valence-corrected chi connectivity index (χ1v) is 5.35. The zero-order valence-corrected chi connectivity index (χ0v) is 10.2. The monoisotopic (exact) mass is 312 g/mol. The molecule has 9 heteroatoms. The van der Waals surface area contributed by atoms with Crippen molar-refractivity contribution in [2.75, 3.05) is 7.11 Å². The van der Waals surface area contributed by atoms with Crippen LogP contribution in [0.4, 0.5) is 26.3 Å². The highest BCUT2D eigenvalue weighted by atomic mass is 19.4. The topological polar surface area (TPSA) is 39.4 Å². The van der Waals surface area contributed by atoms with Gasteiger partial charge in [0.25, 0.3) is 0 Å². The largest absolute Gasteiger partial charge is 0.463 e. The van der Waals surface area contributed by atoms with Gasteiger partial charge in [0.1, 0.15) is 11.1 Å². The van der Waals surface area contributed by atoms with Crippen molar-refractivity contribution in [2.45, 2.75) is 12.4 Å². The summed E-state index contributed by atoms with van der Waals surface area (Å²) in [6, 6.07) is 1.57. The van der Waals surface area contributed by atoms with Crippen LogP contribution in [0.5, 0.6) is 0 Å².